The molecule has 1 amide bonds. The number of sulfonamides is 1. The second kappa shape index (κ2) is 11.5. The number of amides is 1. The van der Waals surface area contributed by atoms with Gasteiger partial charge in [-0.1, -0.05) is 25.8 Å². The van der Waals surface area contributed by atoms with E-state index in [0.717, 1.165) is 25.3 Å². The zero-order chi connectivity index (χ0) is 28.2. The Labute approximate surface area is 225 Å². The maximum Gasteiger partial charge on any atom is 0.263 e. The number of aromatic nitrogens is 3. The van der Waals surface area contributed by atoms with Crippen LogP contribution >= 0.6 is 0 Å². The van der Waals surface area contributed by atoms with E-state index in [1.807, 2.05) is 6.92 Å². The molecule has 1 aliphatic carbocycles. The zero-order valence-electron chi connectivity index (χ0n) is 21.7. The highest BCUT2D eigenvalue weighted by Crippen LogP contribution is 2.43. The molecule has 2 N–H and O–H groups in total. The highest BCUT2D eigenvalue weighted by molar-refractivity contribution is 7.91. The molecule has 39 heavy (non-hydrogen) atoms. The Morgan fingerprint density at radius 1 is 1.28 bits per heavy atom. The van der Waals surface area contributed by atoms with Crippen LogP contribution in [-0.2, 0) is 23.6 Å². The number of hydrogen-bond acceptors (Lipinski definition) is 8. The molecule has 0 unspecified atom stereocenters. The third kappa shape index (κ3) is 5.91. The predicted octanol–water partition coefficient (Wildman–Crippen LogP) is 2.29. The van der Waals surface area contributed by atoms with Gasteiger partial charge in [0.25, 0.3) is 17.3 Å². The summed E-state index contributed by atoms with van der Waals surface area (Å²) in [5.41, 5.74) is -0.223. The van der Waals surface area contributed by atoms with Crippen molar-refractivity contribution in [2.24, 2.45) is 7.05 Å². The van der Waals surface area contributed by atoms with Crippen LogP contribution in [0.2, 0.25) is 0 Å². The summed E-state index contributed by atoms with van der Waals surface area (Å²) in [4.78, 5) is 25.9. The fraction of sp³-hybridized carbons (Fsp3) is 0.423. The summed E-state index contributed by atoms with van der Waals surface area (Å²) >= 11 is 0. The van der Waals surface area contributed by atoms with Crippen LogP contribution < -0.4 is 20.3 Å². The molecule has 1 saturated carbocycles. The van der Waals surface area contributed by atoms with Gasteiger partial charge < -0.3 is 14.6 Å². The molecule has 1 aromatic carbocycles. The molecule has 13 heteroatoms. The minimum absolute atomic E-state index is 0.0143. The van der Waals surface area contributed by atoms with Crippen molar-refractivity contribution in [1.29, 1.82) is 5.26 Å². The molecular formula is C26H29FN6O5S. The van der Waals surface area contributed by atoms with E-state index in [4.69, 9.17) is 10.00 Å². The number of carbonyl (C=O) groups excluding carboxylic acids is 1. The molecule has 2 heterocycles. The number of nitriles is 1. The van der Waals surface area contributed by atoms with E-state index >= 15 is 0 Å². The van der Waals surface area contributed by atoms with Crippen LogP contribution in [0.3, 0.4) is 0 Å². The minimum Gasteiger partial charge on any atom is -0.473 e. The number of aryl methyl sites for hydroxylation is 1. The van der Waals surface area contributed by atoms with Gasteiger partial charge >= 0.3 is 0 Å². The third-order valence-corrected chi connectivity index (χ3v) is 9.02. The topological polar surface area (TPSA) is 156 Å². The Morgan fingerprint density at radius 2 is 2.05 bits per heavy atom. The molecule has 0 atom stereocenters. The van der Waals surface area contributed by atoms with Gasteiger partial charge in [0.1, 0.15) is 34.3 Å². The highest BCUT2D eigenvalue weighted by atomic mass is 32.2. The molecule has 0 aliphatic heterocycles. The molecule has 206 valence electrons. The van der Waals surface area contributed by atoms with E-state index in [-0.39, 0.29) is 35.7 Å². The number of rotatable bonds is 12. The molecule has 2 aromatic heterocycles. The number of ether oxygens (including phenoxy) is 1. The molecule has 4 rings (SSSR count). The molecule has 1 fully saturated rings. The Morgan fingerprint density at radius 3 is 2.72 bits per heavy atom. The van der Waals surface area contributed by atoms with Crippen LogP contribution in [0, 0.1) is 17.1 Å². The number of pyridine rings is 1. The molecule has 11 nitrogen and oxygen atoms in total. The predicted molar refractivity (Wildman–Crippen MR) is 141 cm³/mol. The smallest absolute Gasteiger partial charge is 0.263 e. The lowest BCUT2D eigenvalue weighted by atomic mass is 10.1. The molecule has 0 saturated heterocycles. The van der Waals surface area contributed by atoms with Crippen LogP contribution in [0.4, 0.5) is 4.39 Å². The third-order valence-electron chi connectivity index (χ3n) is 6.77. The first kappa shape index (κ1) is 28.1. The van der Waals surface area contributed by atoms with Gasteiger partial charge in [-0.2, -0.15) is 10.4 Å². The van der Waals surface area contributed by atoms with E-state index in [0.29, 0.717) is 30.3 Å². The molecular weight excluding hydrogens is 527 g/mol. The Hall–Kier alpha value is -3.89. The van der Waals surface area contributed by atoms with Crippen LogP contribution in [0.1, 0.15) is 60.5 Å². The first-order valence-electron chi connectivity index (χ1n) is 12.6. The van der Waals surface area contributed by atoms with Crippen molar-refractivity contribution >= 4 is 26.8 Å². The number of unbranched alkanes of at least 4 members (excludes halogenated alkanes) is 2. The fourth-order valence-electron chi connectivity index (χ4n) is 4.18. The van der Waals surface area contributed by atoms with E-state index in [9.17, 15) is 22.4 Å². The quantitative estimate of drug-likeness (QED) is 0.322. The lowest BCUT2D eigenvalue weighted by Gasteiger charge is -2.18. The second-order valence-electron chi connectivity index (χ2n) is 9.56. The first-order valence-corrected chi connectivity index (χ1v) is 14.0. The van der Waals surface area contributed by atoms with Gasteiger partial charge in [0.05, 0.1) is 11.8 Å². The van der Waals surface area contributed by atoms with Gasteiger partial charge in [-0.05, 0) is 43.0 Å². The van der Waals surface area contributed by atoms with Crippen LogP contribution in [0.25, 0.3) is 10.9 Å². The van der Waals surface area contributed by atoms with Crippen LogP contribution in [0.15, 0.2) is 35.3 Å². The lowest BCUT2D eigenvalue weighted by Crippen LogP contribution is -2.40. The summed E-state index contributed by atoms with van der Waals surface area (Å²) in [6.45, 7) is 2.19. The van der Waals surface area contributed by atoms with Crippen molar-refractivity contribution in [2.45, 2.75) is 50.3 Å². The number of nitrogens with zero attached hydrogens (tertiary/aromatic N) is 4. The lowest BCUT2D eigenvalue weighted by molar-refractivity contribution is 0.0949. The molecule has 3 aromatic rings. The molecule has 0 radical (unpaired) electrons. The summed E-state index contributed by atoms with van der Waals surface area (Å²) in [5.74, 6) is -1.40. The van der Waals surface area contributed by atoms with Crippen LogP contribution in [-0.4, -0.2) is 47.0 Å². The van der Waals surface area contributed by atoms with Gasteiger partial charge in [0.15, 0.2) is 0 Å². The van der Waals surface area contributed by atoms with Gasteiger partial charge in [-0.15, -0.1) is 5.10 Å². The molecule has 1 aliphatic rings. The Kier molecular flexibility index (Phi) is 8.27. The maximum atomic E-state index is 13.9. The van der Waals surface area contributed by atoms with Gasteiger partial charge in [0.2, 0.25) is 10.0 Å². The van der Waals surface area contributed by atoms with E-state index < -0.39 is 32.1 Å². The fourth-order valence-corrected chi connectivity index (χ4v) is 5.75. The van der Waals surface area contributed by atoms with Crippen LogP contribution in [0.5, 0.6) is 5.88 Å². The zero-order valence-corrected chi connectivity index (χ0v) is 22.5. The van der Waals surface area contributed by atoms with Gasteiger partial charge in [-0.25, -0.2) is 17.5 Å². The van der Waals surface area contributed by atoms with Crippen molar-refractivity contribution in [2.75, 3.05) is 13.2 Å². The number of fused-ring (bicyclic) bond motifs is 1. The summed E-state index contributed by atoms with van der Waals surface area (Å²) in [5, 5.41) is 19.7. The SMILES string of the molecule is CCCCCNS(=O)(=O)C1(COc2nncc3cc(C(=O)NCc4ccc(C#N)c(F)c4)c(=O)n(C)c23)CC1. The number of benzene rings is 1. The highest BCUT2D eigenvalue weighted by Gasteiger charge is 2.55. The molecule has 0 bridgehead atoms. The van der Waals surface area contributed by atoms with E-state index in [1.54, 1.807) is 6.07 Å². The summed E-state index contributed by atoms with van der Waals surface area (Å²) < 4.78 is 48.2. The standard InChI is InChI=1S/C26H29FN6O5S/c1-3-4-5-10-31-39(36,37)26(8-9-26)16-38-24-22-19(15-30-32-24)12-20(25(35)33(22)2)23(34)29-14-17-6-7-18(13-28)21(27)11-17/h6-7,11-12,15,31H,3-5,8-10,14,16H2,1-2H3,(H,29,34). The minimum atomic E-state index is -3.61. The maximum absolute atomic E-state index is 13.9. The monoisotopic (exact) mass is 556 g/mol. The first-order chi connectivity index (χ1) is 18.6. The van der Waals surface area contributed by atoms with Crippen molar-refractivity contribution in [1.82, 2.24) is 24.8 Å². The summed E-state index contributed by atoms with van der Waals surface area (Å²) in [6.07, 6.45) is 4.92. The number of nitrogens with one attached hydrogen (secondary N) is 2. The Balaban J connectivity index is 1.51. The second-order valence-corrected chi connectivity index (χ2v) is 11.7. The summed E-state index contributed by atoms with van der Waals surface area (Å²) in [6, 6.07) is 7.04. The normalized spacial score (nSPS) is 14.1. The summed E-state index contributed by atoms with van der Waals surface area (Å²) in [7, 11) is -2.16. The van der Waals surface area contributed by atoms with Gasteiger partial charge in [0, 0.05) is 25.5 Å². The molecule has 0 spiro atoms. The van der Waals surface area contributed by atoms with Crippen molar-refractivity contribution in [3.05, 3.63) is 63.3 Å². The van der Waals surface area contributed by atoms with Crippen molar-refractivity contribution in [3.63, 3.8) is 0 Å². The van der Waals surface area contributed by atoms with Crippen molar-refractivity contribution in [3.8, 4) is 11.9 Å². The number of halogens is 1. The van der Waals surface area contributed by atoms with E-state index in [2.05, 4.69) is 20.2 Å². The average Bonchev–Trinajstić information content (AvgIpc) is 3.72. The largest absolute Gasteiger partial charge is 0.473 e. The van der Waals surface area contributed by atoms with E-state index in [1.165, 1.54) is 36.0 Å². The average molecular weight is 557 g/mol. The number of carbonyl (C=O) groups is 1. The Bertz CT molecular complexity index is 1610. The van der Waals surface area contributed by atoms with Gasteiger partial charge in [-0.3, -0.25) is 9.59 Å². The number of hydrogen-bond donors (Lipinski definition) is 2. The van der Waals surface area contributed by atoms with Crippen molar-refractivity contribution < 1.29 is 22.3 Å².